The summed E-state index contributed by atoms with van der Waals surface area (Å²) in [5.74, 6) is 1.97. The molecule has 0 bridgehead atoms. The Hall–Kier alpha value is -0.890. The molecular weight excluding hydrogens is 342 g/mol. The number of aromatic nitrogens is 2. The van der Waals surface area contributed by atoms with Crippen LogP contribution < -0.4 is 5.32 Å². The van der Waals surface area contributed by atoms with Crippen molar-refractivity contribution in [1.29, 1.82) is 0 Å². The van der Waals surface area contributed by atoms with Gasteiger partial charge in [-0.05, 0) is 25.8 Å². The Morgan fingerprint density at radius 1 is 1.38 bits per heavy atom. The summed E-state index contributed by atoms with van der Waals surface area (Å²) >= 11 is 3.46. The Labute approximate surface area is 151 Å². The highest BCUT2D eigenvalue weighted by Gasteiger charge is 2.31. The Balaban J connectivity index is 2.03. The van der Waals surface area contributed by atoms with Crippen LogP contribution in [0.5, 0.6) is 0 Å². The van der Waals surface area contributed by atoms with E-state index in [9.17, 15) is 0 Å². The largest absolute Gasteiger partial charge is 0.383 e. The molecule has 0 unspecified atom stereocenters. The lowest BCUT2D eigenvalue weighted by Gasteiger charge is -2.30. The van der Waals surface area contributed by atoms with E-state index in [2.05, 4.69) is 26.1 Å². The molecule has 0 amide bonds. The molecule has 2 aromatic rings. The SMILES string of the molecule is CCCSc1nc(NCCOC)c2c3c(sc2n1)COC(C)(C)C3. The number of thioether (sulfide) groups is 1. The lowest BCUT2D eigenvalue weighted by Crippen LogP contribution is -2.31. The molecule has 0 radical (unpaired) electrons. The van der Waals surface area contributed by atoms with Crippen LogP contribution in [0.25, 0.3) is 10.2 Å². The van der Waals surface area contributed by atoms with Crippen molar-refractivity contribution in [2.75, 3.05) is 31.3 Å². The second-order valence-corrected chi connectivity index (χ2v) is 8.68. The van der Waals surface area contributed by atoms with Crippen LogP contribution in [-0.4, -0.2) is 41.6 Å². The summed E-state index contributed by atoms with van der Waals surface area (Å²) in [6.07, 6.45) is 2.01. The Kier molecular flexibility index (Phi) is 5.64. The molecule has 5 nitrogen and oxygen atoms in total. The van der Waals surface area contributed by atoms with Crippen LogP contribution in [0.1, 0.15) is 37.6 Å². The van der Waals surface area contributed by atoms with Crippen LogP contribution in [0.3, 0.4) is 0 Å². The summed E-state index contributed by atoms with van der Waals surface area (Å²) in [6, 6.07) is 0. The standard InChI is InChI=1S/C17H25N3O2S2/c1-5-8-23-16-19-14(18-6-7-21-4)13-11-9-17(2,3)22-10-12(11)24-15(13)20-16/h5-10H2,1-4H3,(H,18,19,20). The molecular formula is C17H25N3O2S2. The maximum Gasteiger partial charge on any atom is 0.190 e. The van der Waals surface area contributed by atoms with E-state index in [4.69, 9.17) is 19.4 Å². The van der Waals surface area contributed by atoms with E-state index in [1.54, 1.807) is 30.2 Å². The molecule has 132 valence electrons. The van der Waals surface area contributed by atoms with Crippen LogP contribution in [0.2, 0.25) is 0 Å². The average molecular weight is 368 g/mol. The van der Waals surface area contributed by atoms with Crippen LogP contribution in [0, 0.1) is 0 Å². The third kappa shape index (κ3) is 3.85. The van der Waals surface area contributed by atoms with Gasteiger partial charge in [-0.1, -0.05) is 18.7 Å². The molecule has 0 aromatic carbocycles. The highest BCUT2D eigenvalue weighted by atomic mass is 32.2. The smallest absolute Gasteiger partial charge is 0.190 e. The highest BCUT2D eigenvalue weighted by molar-refractivity contribution is 7.99. The molecule has 1 N–H and O–H groups in total. The Morgan fingerprint density at radius 3 is 2.96 bits per heavy atom. The molecule has 0 spiro atoms. The van der Waals surface area contributed by atoms with Gasteiger partial charge in [-0.3, -0.25) is 0 Å². The molecule has 3 heterocycles. The number of hydrogen-bond donors (Lipinski definition) is 1. The van der Waals surface area contributed by atoms with Crippen molar-refractivity contribution >= 4 is 39.1 Å². The quantitative estimate of drug-likeness (QED) is 0.452. The number of hydrogen-bond acceptors (Lipinski definition) is 7. The Morgan fingerprint density at radius 2 is 2.21 bits per heavy atom. The number of rotatable bonds is 7. The van der Waals surface area contributed by atoms with Crippen LogP contribution in [-0.2, 0) is 22.5 Å². The minimum atomic E-state index is -0.138. The molecule has 3 rings (SSSR count). The molecule has 0 saturated carbocycles. The zero-order chi connectivity index (χ0) is 17.2. The monoisotopic (exact) mass is 367 g/mol. The average Bonchev–Trinajstić information content (AvgIpc) is 2.89. The number of fused-ring (bicyclic) bond motifs is 3. The first-order valence-electron chi connectivity index (χ1n) is 8.36. The molecule has 0 atom stereocenters. The van der Waals surface area contributed by atoms with Gasteiger partial charge < -0.3 is 14.8 Å². The zero-order valence-electron chi connectivity index (χ0n) is 14.8. The maximum absolute atomic E-state index is 5.97. The third-order valence-electron chi connectivity index (χ3n) is 3.94. The van der Waals surface area contributed by atoms with E-state index in [-0.39, 0.29) is 5.60 Å². The summed E-state index contributed by atoms with van der Waals surface area (Å²) in [7, 11) is 1.71. The number of methoxy groups -OCH3 is 1. The lowest BCUT2D eigenvalue weighted by atomic mass is 9.94. The molecule has 1 aliphatic heterocycles. The third-order valence-corrected chi connectivity index (χ3v) is 6.10. The highest BCUT2D eigenvalue weighted by Crippen LogP contribution is 2.41. The van der Waals surface area contributed by atoms with Crippen LogP contribution >= 0.6 is 23.1 Å². The minimum Gasteiger partial charge on any atom is -0.383 e. The second kappa shape index (κ2) is 7.56. The van der Waals surface area contributed by atoms with E-state index in [0.717, 1.165) is 40.9 Å². The van der Waals surface area contributed by atoms with Gasteiger partial charge in [-0.25, -0.2) is 9.97 Å². The van der Waals surface area contributed by atoms with Crippen LogP contribution in [0.15, 0.2) is 5.16 Å². The summed E-state index contributed by atoms with van der Waals surface area (Å²) < 4.78 is 11.1. The van der Waals surface area contributed by atoms with Crippen molar-refractivity contribution in [3.05, 3.63) is 10.4 Å². The van der Waals surface area contributed by atoms with Crippen molar-refractivity contribution in [3.8, 4) is 0 Å². The van der Waals surface area contributed by atoms with Gasteiger partial charge in [-0.2, -0.15) is 0 Å². The van der Waals surface area contributed by atoms with Gasteiger partial charge in [-0.15, -0.1) is 11.3 Å². The first-order chi connectivity index (χ1) is 11.5. The predicted molar refractivity (Wildman–Crippen MR) is 101 cm³/mol. The fraction of sp³-hybridized carbons (Fsp3) is 0.647. The van der Waals surface area contributed by atoms with Gasteiger partial charge in [0.15, 0.2) is 5.16 Å². The summed E-state index contributed by atoms with van der Waals surface area (Å²) in [6.45, 7) is 8.52. The van der Waals surface area contributed by atoms with Gasteiger partial charge in [0.05, 0.1) is 24.2 Å². The lowest BCUT2D eigenvalue weighted by molar-refractivity contribution is -0.0379. The van der Waals surface area contributed by atoms with Gasteiger partial charge in [0.25, 0.3) is 0 Å². The summed E-state index contributed by atoms with van der Waals surface area (Å²) in [5, 5.41) is 5.47. The number of nitrogens with zero attached hydrogens (tertiary/aromatic N) is 2. The van der Waals surface area contributed by atoms with E-state index in [1.807, 2.05) is 0 Å². The molecule has 24 heavy (non-hydrogen) atoms. The normalized spacial score (nSPS) is 16.3. The van der Waals surface area contributed by atoms with Crippen molar-refractivity contribution in [3.63, 3.8) is 0 Å². The number of ether oxygens (including phenoxy) is 2. The first kappa shape index (κ1) is 17.9. The van der Waals surface area contributed by atoms with Crippen LogP contribution in [0.4, 0.5) is 5.82 Å². The van der Waals surface area contributed by atoms with Gasteiger partial charge in [0, 0.05) is 30.7 Å². The topological polar surface area (TPSA) is 56.3 Å². The minimum absolute atomic E-state index is 0.138. The molecule has 1 aliphatic rings. The Bertz CT molecular complexity index is 715. The van der Waals surface area contributed by atoms with Crippen molar-refractivity contribution in [1.82, 2.24) is 9.97 Å². The van der Waals surface area contributed by atoms with Gasteiger partial charge >= 0.3 is 0 Å². The number of thiophene rings is 1. The van der Waals surface area contributed by atoms with E-state index >= 15 is 0 Å². The maximum atomic E-state index is 5.97. The van der Waals surface area contributed by atoms with Crippen molar-refractivity contribution in [2.24, 2.45) is 0 Å². The predicted octanol–water partition coefficient (Wildman–Crippen LogP) is 4.10. The number of anilines is 1. The van der Waals surface area contributed by atoms with E-state index in [1.165, 1.54) is 15.8 Å². The molecule has 7 heteroatoms. The summed E-state index contributed by atoms with van der Waals surface area (Å²) in [4.78, 5) is 11.9. The molecule has 0 saturated heterocycles. The van der Waals surface area contributed by atoms with E-state index in [0.29, 0.717) is 13.2 Å². The second-order valence-electron chi connectivity index (χ2n) is 6.53. The van der Waals surface area contributed by atoms with Crippen molar-refractivity contribution in [2.45, 2.75) is 51.0 Å². The fourth-order valence-electron chi connectivity index (χ4n) is 2.78. The molecule has 0 aliphatic carbocycles. The van der Waals surface area contributed by atoms with Gasteiger partial charge in [0.1, 0.15) is 10.6 Å². The first-order valence-corrected chi connectivity index (χ1v) is 10.2. The van der Waals surface area contributed by atoms with Gasteiger partial charge in [0.2, 0.25) is 0 Å². The summed E-state index contributed by atoms with van der Waals surface area (Å²) in [5.41, 5.74) is 1.21. The molecule has 2 aromatic heterocycles. The fourth-order valence-corrected chi connectivity index (χ4v) is 4.64. The number of nitrogens with one attached hydrogen (secondary N) is 1. The van der Waals surface area contributed by atoms with Crippen molar-refractivity contribution < 1.29 is 9.47 Å². The van der Waals surface area contributed by atoms with E-state index < -0.39 is 0 Å². The zero-order valence-corrected chi connectivity index (χ0v) is 16.4. The molecule has 0 fully saturated rings.